The molecule has 0 radical (unpaired) electrons. The number of nitrogens with zero attached hydrogens (tertiary/aromatic N) is 5. The molecule has 11 heteroatoms. The first-order chi connectivity index (χ1) is 16.8. The first-order valence-electron chi connectivity index (χ1n) is 11.4. The van der Waals surface area contributed by atoms with Gasteiger partial charge >= 0.3 is 6.09 Å². The van der Waals surface area contributed by atoms with Gasteiger partial charge in [0.2, 0.25) is 0 Å². The number of fused-ring (bicyclic) bond motifs is 1. The second-order valence-electron chi connectivity index (χ2n) is 9.73. The SMILES string of the molecule is CC(C)[C@@H](C)Nc1c(-c2c(F)cc(C#CCN(C)C(=O)OC(C)(C)C)cc2F)c(Cl)nc2ncnn12. The minimum absolute atomic E-state index is 0.0137. The number of carbonyl (C=O) groups excluding carboxylic acids is 1. The second kappa shape index (κ2) is 10.7. The molecule has 1 aromatic carbocycles. The van der Waals surface area contributed by atoms with Crippen LogP contribution in [0.2, 0.25) is 5.15 Å². The minimum atomic E-state index is -0.872. The average molecular weight is 519 g/mol. The number of amides is 1. The van der Waals surface area contributed by atoms with Crippen LogP contribution in [0.3, 0.4) is 0 Å². The fourth-order valence-corrected chi connectivity index (χ4v) is 3.36. The molecule has 0 saturated heterocycles. The van der Waals surface area contributed by atoms with Crippen LogP contribution in [0.15, 0.2) is 18.5 Å². The van der Waals surface area contributed by atoms with Gasteiger partial charge < -0.3 is 15.0 Å². The lowest BCUT2D eigenvalue weighted by molar-refractivity contribution is 0.0321. The zero-order chi connectivity index (χ0) is 26.8. The van der Waals surface area contributed by atoms with Crippen LogP contribution in [-0.2, 0) is 4.74 Å². The fourth-order valence-electron chi connectivity index (χ4n) is 3.10. The number of carbonyl (C=O) groups is 1. The predicted octanol–water partition coefficient (Wildman–Crippen LogP) is 5.40. The molecule has 0 aliphatic rings. The van der Waals surface area contributed by atoms with Gasteiger partial charge in [0.15, 0.2) is 0 Å². The Morgan fingerprint density at radius 1 is 1.22 bits per heavy atom. The maximum atomic E-state index is 15.3. The standard InChI is InChI=1S/C25H29ClF2N6O2/c1-14(2)15(3)31-22-20(21(26)32-23-29-13-30-34(22)23)19-17(27)11-16(12-18(19)28)9-8-10-33(7)24(35)36-25(4,5)6/h11-15,31H,10H2,1-7H3/t15-/m1/s1. The molecule has 1 N–H and O–H groups in total. The molecule has 2 heterocycles. The Balaban J connectivity index is 1.97. The number of ether oxygens (including phenoxy) is 1. The molecule has 0 aliphatic heterocycles. The maximum Gasteiger partial charge on any atom is 0.410 e. The van der Waals surface area contributed by atoms with Gasteiger partial charge in [0, 0.05) is 18.7 Å². The number of benzene rings is 1. The van der Waals surface area contributed by atoms with Gasteiger partial charge in [-0.15, -0.1) is 0 Å². The summed E-state index contributed by atoms with van der Waals surface area (Å²) in [6, 6.07) is 2.14. The Labute approximate surface area is 214 Å². The third kappa shape index (κ3) is 6.21. The Kier molecular flexibility index (Phi) is 8.04. The summed E-state index contributed by atoms with van der Waals surface area (Å²) < 4.78 is 37.3. The van der Waals surface area contributed by atoms with Crippen molar-refractivity contribution < 1.29 is 18.3 Å². The highest BCUT2D eigenvalue weighted by atomic mass is 35.5. The quantitative estimate of drug-likeness (QED) is 0.360. The molecule has 0 bridgehead atoms. The molecule has 0 spiro atoms. The van der Waals surface area contributed by atoms with Crippen molar-refractivity contribution in [2.45, 2.75) is 53.2 Å². The van der Waals surface area contributed by atoms with E-state index in [9.17, 15) is 4.79 Å². The molecule has 3 aromatic rings. The number of hydrogen-bond donors (Lipinski definition) is 1. The van der Waals surface area contributed by atoms with E-state index < -0.39 is 23.3 Å². The average Bonchev–Trinajstić information content (AvgIpc) is 3.21. The lowest BCUT2D eigenvalue weighted by Crippen LogP contribution is -2.34. The number of halogens is 3. The highest BCUT2D eigenvalue weighted by Gasteiger charge is 2.25. The molecule has 1 atom stereocenters. The van der Waals surface area contributed by atoms with Gasteiger partial charge in [0.05, 0.1) is 17.7 Å². The molecule has 192 valence electrons. The van der Waals surface area contributed by atoms with Crippen LogP contribution in [0.1, 0.15) is 47.1 Å². The number of rotatable bonds is 5. The molecule has 0 saturated carbocycles. The van der Waals surface area contributed by atoms with E-state index in [1.165, 1.54) is 22.8 Å². The molecule has 36 heavy (non-hydrogen) atoms. The monoisotopic (exact) mass is 518 g/mol. The van der Waals surface area contributed by atoms with E-state index in [0.717, 1.165) is 12.1 Å². The highest BCUT2D eigenvalue weighted by molar-refractivity contribution is 6.33. The lowest BCUT2D eigenvalue weighted by atomic mass is 10.0. The molecular formula is C25H29ClF2N6O2. The van der Waals surface area contributed by atoms with E-state index in [4.69, 9.17) is 16.3 Å². The topological polar surface area (TPSA) is 84.7 Å². The van der Waals surface area contributed by atoms with E-state index in [0.29, 0.717) is 0 Å². The molecular weight excluding hydrogens is 490 g/mol. The molecule has 0 fully saturated rings. The zero-order valence-corrected chi connectivity index (χ0v) is 22.0. The summed E-state index contributed by atoms with van der Waals surface area (Å²) in [6.07, 6.45) is 0.735. The smallest absolute Gasteiger partial charge is 0.410 e. The van der Waals surface area contributed by atoms with Gasteiger partial charge in [0.1, 0.15) is 34.5 Å². The van der Waals surface area contributed by atoms with Gasteiger partial charge in [-0.2, -0.15) is 19.6 Å². The van der Waals surface area contributed by atoms with E-state index >= 15 is 8.78 Å². The number of hydrogen-bond acceptors (Lipinski definition) is 6. The van der Waals surface area contributed by atoms with Crippen molar-refractivity contribution in [1.29, 1.82) is 0 Å². The Morgan fingerprint density at radius 3 is 2.44 bits per heavy atom. The number of nitrogens with one attached hydrogen (secondary N) is 1. The van der Waals surface area contributed by atoms with Crippen molar-refractivity contribution >= 4 is 29.3 Å². The maximum absolute atomic E-state index is 15.3. The van der Waals surface area contributed by atoms with Gasteiger partial charge in [-0.05, 0) is 45.7 Å². The largest absolute Gasteiger partial charge is 0.444 e. The number of anilines is 1. The van der Waals surface area contributed by atoms with Crippen LogP contribution in [0.4, 0.5) is 19.4 Å². The molecule has 3 rings (SSSR count). The molecule has 2 aromatic heterocycles. The summed E-state index contributed by atoms with van der Waals surface area (Å²) in [7, 11) is 1.52. The van der Waals surface area contributed by atoms with E-state index in [1.54, 1.807) is 20.8 Å². The van der Waals surface area contributed by atoms with Crippen molar-refractivity contribution in [3.8, 4) is 23.0 Å². The fraction of sp³-hybridized carbons (Fsp3) is 0.440. The van der Waals surface area contributed by atoms with Crippen LogP contribution in [-0.4, -0.2) is 55.8 Å². The summed E-state index contributed by atoms with van der Waals surface area (Å²) in [5, 5.41) is 7.27. The summed E-state index contributed by atoms with van der Waals surface area (Å²) in [6.45, 7) is 11.2. The van der Waals surface area contributed by atoms with Crippen LogP contribution in [0.25, 0.3) is 16.9 Å². The number of aromatic nitrogens is 4. The van der Waals surface area contributed by atoms with Crippen LogP contribution in [0.5, 0.6) is 0 Å². The van der Waals surface area contributed by atoms with Gasteiger partial charge in [-0.3, -0.25) is 0 Å². The highest BCUT2D eigenvalue weighted by Crippen LogP contribution is 2.38. The third-order valence-electron chi connectivity index (χ3n) is 5.29. The summed E-state index contributed by atoms with van der Waals surface area (Å²) in [5.74, 6) is 4.35. The zero-order valence-electron chi connectivity index (χ0n) is 21.3. The van der Waals surface area contributed by atoms with E-state index in [1.807, 2.05) is 20.8 Å². The summed E-state index contributed by atoms with van der Waals surface area (Å²) in [5.41, 5.74) is -0.879. The predicted molar refractivity (Wildman–Crippen MR) is 135 cm³/mol. The summed E-state index contributed by atoms with van der Waals surface area (Å²) in [4.78, 5) is 21.5. The van der Waals surface area contributed by atoms with E-state index in [-0.39, 0.29) is 51.9 Å². The van der Waals surface area contributed by atoms with Gasteiger partial charge in [-0.25, -0.2) is 13.6 Å². The van der Waals surface area contributed by atoms with Crippen molar-refractivity contribution in [1.82, 2.24) is 24.5 Å². The molecule has 1 amide bonds. The summed E-state index contributed by atoms with van der Waals surface area (Å²) >= 11 is 6.40. The second-order valence-corrected chi connectivity index (χ2v) is 10.1. The normalized spacial score (nSPS) is 12.3. The Bertz CT molecular complexity index is 1320. The lowest BCUT2D eigenvalue weighted by Gasteiger charge is -2.23. The first kappa shape index (κ1) is 27.1. The van der Waals surface area contributed by atoms with Crippen molar-refractivity contribution in [3.63, 3.8) is 0 Å². The molecule has 8 nitrogen and oxygen atoms in total. The van der Waals surface area contributed by atoms with Crippen LogP contribution >= 0.6 is 11.6 Å². The first-order valence-corrected chi connectivity index (χ1v) is 11.7. The van der Waals surface area contributed by atoms with Crippen LogP contribution in [0, 0.1) is 29.4 Å². The minimum Gasteiger partial charge on any atom is -0.444 e. The van der Waals surface area contributed by atoms with Crippen molar-refractivity contribution in [2.24, 2.45) is 5.92 Å². The van der Waals surface area contributed by atoms with Crippen molar-refractivity contribution in [3.05, 3.63) is 40.8 Å². The van der Waals surface area contributed by atoms with Crippen molar-refractivity contribution in [2.75, 3.05) is 18.9 Å². The van der Waals surface area contributed by atoms with Gasteiger partial charge in [0.25, 0.3) is 5.78 Å². The third-order valence-corrected chi connectivity index (χ3v) is 5.57. The Morgan fingerprint density at radius 2 is 1.86 bits per heavy atom. The Hall–Kier alpha value is -3.45. The van der Waals surface area contributed by atoms with Gasteiger partial charge in [-0.1, -0.05) is 37.3 Å². The molecule has 0 unspecified atom stereocenters. The van der Waals surface area contributed by atoms with Crippen LogP contribution < -0.4 is 5.32 Å². The molecule has 0 aliphatic carbocycles. The van der Waals surface area contributed by atoms with E-state index in [2.05, 4.69) is 32.2 Å².